The average Bonchev–Trinajstić information content (AvgIpc) is 2.25. The summed E-state index contributed by atoms with van der Waals surface area (Å²) >= 11 is 6.81. The zero-order chi connectivity index (χ0) is 14.5. The van der Waals surface area contributed by atoms with Crippen molar-refractivity contribution in [1.82, 2.24) is 5.32 Å². The molecule has 1 fully saturated rings. The minimum atomic E-state index is -0.422. The lowest BCUT2D eigenvalue weighted by molar-refractivity contribution is 0.0514. The van der Waals surface area contributed by atoms with Crippen LogP contribution in [0.2, 0.25) is 0 Å². The third-order valence-corrected chi connectivity index (χ3v) is 3.72. The van der Waals surface area contributed by atoms with Crippen molar-refractivity contribution in [2.24, 2.45) is 11.8 Å². The number of hydrogen-bond donors (Lipinski definition) is 1. The molecule has 0 aromatic rings. The summed E-state index contributed by atoms with van der Waals surface area (Å²) in [6.45, 7) is 6.35. The molecule has 0 aliphatic heterocycles. The van der Waals surface area contributed by atoms with Crippen molar-refractivity contribution in [2.45, 2.75) is 52.1 Å². The number of carbonyl (C=O) groups is 1. The van der Waals surface area contributed by atoms with E-state index < -0.39 is 5.60 Å². The zero-order valence-corrected chi connectivity index (χ0v) is 15.0. The second-order valence-electron chi connectivity index (χ2n) is 6.12. The predicted octanol–water partition coefficient (Wildman–Crippen LogP) is 4.95. The molecule has 3 nitrogen and oxygen atoms in total. The summed E-state index contributed by atoms with van der Waals surface area (Å²) < 4.78 is 6.27. The molecule has 0 unspecified atom stereocenters. The Morgan fingerprint density at radius 3 is 2.32 bits per heavy atom. The highest BCUT2D eigenvalue weighted by Gasteiger charge is 2.22. The lowest BCUT2D eigenvalue weighted by Crippen LogP contribution is -2.36. The molecular formula is C14H23Br2NO2. The Morgan fingerprint density at radius 2 is 1.84 bits per heavy atom. The summed E-state index contributed by atoms with van der Waals surface area (Å²) in [5, 5.41) is 2.87. The van der Waals surface area contributed by atoms with Gasteiger partial charge in [0.2, 0.25) is 0 Å². The van der Waals surface area contributed by atoms with E-state index in [1.54, 1.807) is 0 Å². The Morgan fingerprint density at radius 1 is 1.26 bits per heavy atom. The number of carbonyl (C=O) groups excluding carboxylic acids is 1. The third kappa shape index (κ3) is 7.98. The van der Waals surface area contributed by atoms with Crippen molar-refractivity contribution < 1.29 is 9.53 Å². The first-order valence-corrected chi connectivity index (χ1v) is 8.34. The van der Waals surface area contributed by atoms with E-state index in [-0.39, 0.29) is 6.09 Å². The summed E-state index contributed by atoms with van der Waals surface area (Å²) in [4.78, 5) is 11.6. The SMILES string of the molecule is CC(C)(C)OC(=O)NCC1CCC(C=C(Br)Br)CC1. The number of hydrogen-bond acceptors (Lipinski definition) is 2. The number of alkyl carbamates (subject to hydrolysis) is 1. The van der Waals surface area contributed by atoms with Gasteiger partial charge >= 0.3 is 6.09 Å². The lowest BCUT2D eigenvalue weighted by Gasteiger charge is -2.27. The molecule has 1 aliphatic rings. The van der Waals surface area contributed by atoms with Gasteiger partial charge in [-0.2, -0.15) is 0 Å². The second kappa shape index (κ2) is 7.67. The maximum Gasteiger partial charge on any atom is 0.407 e. The van der Waals surface area contributed by atoms with E-state index in [9.17, 15) is 4.79 Å². The van der Waals surface area contributed by atoms with E-state index >= 15 is 0 Å². The van der Waals surface area contributed by atoms with Crippen LogP contribution in [0.25, 0.3) is 0 Å². The quantitative estimate of drug-likeness (QED) is 0.732. The molecule has 1 N–H and O–H groups in total. The van der Waals surface area contributed by atoms with Gasteiger partial charge in [-0.25, -0.2) is 4.79 Å². The predicted molar refractivity (Wildman–Crippen MR) is 85.6 cm³/mol. The largest absolute Gasteiger partial charge is 0.444 e. The van der Waals surface area contributed by atoms with E-state index in [4.69, 9.17) is 4.74 Å². The van der Waals surface area contributed by atoms with Crippen LogP contribution in [0.5, 0.6) is 0 Å². The van der Waals surface area contributed by atoms with E-state index in [0.29, 0.717) is 11.8 Å². The average molecular weight is 397 g/mol. The molecule has 0 heterocycles. The molecule has 0 spiro atoms. The Hall–Kier alpha value is -0.0300. The van der Waals surface area contributed by atoms with Crippen LogP contribution < -0.4 is 5.32 Å². The van der Waals surface area contributed by atoms with Gasteiger partial charge in [-0.15, -0.1) is 0 Å². The van der Waals surface area contributed by atoms with Crippen LogP contribution in [0.3, 0.4) is 0 Å². The summed E-state index contributed by atoms with van der Waals surface area (Å²) in [7, 11) is 0. The summed E-state index contributed by atoms with van der Waals surface area (Å²) in [6, 6.07) is 0. The fourth-order valence-corrected chi connectivity index (χ4v) is 3.03. The van der Waals surface area contributed by atoms with Gasteiger partial charge in [0, 0.05) is 6.54 Å². The molecule has 0 radical (unpaired) electrons. The molecule has 0 bridgehead atoms. The van der Waals surface area contributed by atoms with E-state index in [0.717, 1.165) is 22.8 Å². The van der Waals surface area contributed by atoms with Gasteiger partial charge in [-0.3, -0.25) is 0 Å². The fraction of sp³-hybridized carbons (Fsp3) is 0.786. The van der Waals surface area contributed by atoms with Gasteiger partial charge in [0.1, 0.15) is 5.60 Å². The van der Waals surface area contributed by atoms with Crippen LogP contribution >= 0.6 is 31.9 Å². The van der Waals surface area contributed by atoms with Gasteiger partial charge in [-0.05, 0) is 90.2 Å². The molecule has 1 saturated carbocycles. The molecule has 19 heavy (non-hydrogen) atoms. The highest BCUT2D eigenvalue weighted by Crippen LogP contribution is 2.31. The van der Waals surface area contributed by atoms with Gasteiger partial charge in [-0.1, -0.05) is 6.08 Å². The molecule has 5 heteroatoms. The molecule has 0 atom stereocenters. The van der Waals surface area contributed by atoms with Crippen molar-refractivity contribution >= 4 is 38.0 Å². The summed E-state index contributed by atoms with van der Waals surface area (Å²) in [6.07, 6.45) is 6.59. The number of ether oxygens (including phenoxy) is 1. The van der Waals surface area contributed by atoms with Crippen LogP contribution in [0.4, 0.5) is 4.79 Å². The lowest BCUT2D eigenvalue weighted by atomic mass is 9.82. The fourth-order valence-electron chi connectivity index (χ4n) is 2.28. The normalized spacial score (nSPS) is 23.6. The van der Waals surface area contributed by atoms with E-state index in [1.165, 1.54) is 12.8 Å². The Labute approximate surface area is 132 Å². The van der Waals surface area contributed by atoms with Crippen molar-refractivity contribution in [3.05, 3.63) is 9.47 Å². The molecule has 0 aromatic heterocycles. The van der Waals surface area contributed by atoms with Crippen LogP contribution in [-0.2, 0) is 4.74 Å². The first kappa shape index (κ1) is 17.0. The van der Waals surface area contributed by atoms with Gasteiger partial charge in [0.25, 0.3) is 0 Å². The van der Waals surface area contributed by atoms with Crippen molar-refractivity contribution in [3.8, 4) is 0 Å². The highest BCUT2D eigenvalue weighted by atomic mass is 79.9. The smallest absolute Gasteiger partial charge is 0.407 e. The Bertz CT molecular complexity index is 325. The number of amides is 1. The zero-order valence-electron chi connectivity index (χ0n) is 11.8. The van der Waals surface area contributed by atoms with Crippen LogP contribution in [0.15, 0.2) is 9.47 Å². The van der Waals surface area contributed by atoms with Crippen LogP contribution in [0.1, 0.15) is 46.5 Å². The Kier molecular flexibility index (Phi) is 6.87. The molecule has 110 valence electrons. The third-order valence-electron chi connectivity index (χ3n) is 3.19. The maximum absolute atomic E-state index is 11.6. The van der Waals surface area contributed by atoms with E-state index in [1.807, 2.05) is 20.8 Å². The maximum atomic E-state index is 11.6. The molecule has 0 aromatic carbocycles. The number of rotatable bonds is 3. The number of nitrogens with one attached hydrogen (secondary N) is 1. The van der Waals surface area contributed by atoms with Crippen molar-refractivity contribution in [2.75, 3.05) is 6.54 Å². The Balaban J connectivity index is 2.23. The first-order chi connectivity index (χ1) is 8.76. The highest BCUT2D eigenvalue weighted by molar-refractivity contribution is 9.28. The number of halogens is 2. The monoisotopic (exact) mass is 395 g/mol. The van der Waals surface area contributed by atoms with Gasteiger partial charge in [0.15, 0.2) is 0 Å². The summed E-state index contributed by atoms with van der Waals surface area (Å²) in [5.41, 5.74) is -0.422. The van der Waals surface area contributed by atoms with Crippen LogP contribution in [-0.4, -0.2) is 18.2 Å². The van der Waals surface area contributed by atoms with E-state index in [2.05, 4.69) is 43.3 Å². The van der Waals surface area contributed by atoms with Crippen LogP contribution in [0, 0.1) is 11.8 Å². The standard InChI is InChI=1S/C14H23Br2NO2/c1-14(2,3)19-13(18)17-9-11-6-4-10(5-7-11)8-12(15)16/h8,10-11H,4-7,9H2,1-3H3,(H,17,18). The topological polar surface area (TPSA) is 38.3 Å². The summed E-state index contributed by atoms with van der Waals surface area (Å²) in [5.74, 6) is 1.22. The molecule has 1 rings (SSSR count). The molecule has 0 saturated heterocycles. The van der Waals surface area contributed by atoms with Crippen molar-refractivity contribution in [3.63, 3.8) is 0 Å². The first-order valence-electron chi connectivity index (χ1n) is 6.76. The molecule has 1 aliphatic carbocycles. The molecule has 1 amide bonds. The number of allylic oxidation sites excluding steroid dienone is 1. The second-order valence-corrected chi connectivity index (χ2v) is 8.89. The van der Waals surface area contributed by atoms with Gasteiger partial charge < -0.3 is 10.1 Å². The van der Waals surface area contributed by atoms with Crippen molar-refractivity contribution in [1.29, 1.82) is 0 Å². The molecular weight excluding hydrogens is 374 g/mol. The minimum absolute atomic E-state index is 0.308. The minimum Gasteiger partial charge on any atom is -0.444 e. The van der Waals surface area contributed by atoms with Gasteiger partial charge in [0.05, 0.1) is 3.39 Å².